The maximum absolute atomic E-state index is 13.7. The Morgan fingerprint density at radius 2 is 0.692 bits per heavy atom. The van der Waals surface area contributed by atoms with E-state index in [1.165, 1.54) is 0 Å². The number of hydrogen-bond acceptors (Lipinski definition) is 0. The second kappa shape index (κ2) is 13.0. The Kier molecular flexibility index (Phi) is 12.5. The van der Waals surface area contributed by atoms with E-state index >= 15 is 0 Å². The molecule has 17 heteroatoms. The van der Waals surface area contributed by atoms with Crippen LogP contribution in [0, 0.1) is 0 Å². The third kappa shape index (κ3) is 7.45. The van der Waals surface area contributed by atoms with Crippen LogP contribution in [-0.2, 0) is 0 Å². The highest BCUT2D eigenvalue weighted by atomic mass is 19.4. The molecule has 0 aromatic rings. The fraction of sp³-hybridized carbons (Fsp3) is 0.909. The molecule has 0 aliphatic heterocycles. The zero-order chi connectivity index (χ0) is 31.2. The average molecular weight is 614 g/mol. The molecule has 0 amide bonds. The molecule has 234 valence electrons. The third-order valence-corrected chi connectivity index (χ3v) is 5.80. The zero-order valence-electron chi connectivity index (χ0n) is 20.4. The lowest BCUT2D eigenvalue weighted by Crippen LogP contribution is -2.74. The maximum Gasteiger partial charge on any atom is 0.460 e. The molecule has 0 unspecified atom stereocenters. The van der Waals surface area contributed by atoms with Crippen molar-refractivity contribution in [2.24, 2.45) is 0 Å². The van der Waals surface area contributed by atoms with Crippen molar-refractivity contribution >= 4 is 0 Å². The Labute approximate surface area is 213 Å². The van der Waals surface area contributed by atoms with Gasteiger partial charge >= 0.3 is 47.6 Å². The van der Waals surface area contributed by atoms with Gasteiger partial charge in [0.15, 0.2) is 0 Å². The molecule has 0 spiro atoms. The highest BCUT2D eigenvalue weighted by molar-refractivity contribution is 5.17. The summed E-state index contributed by atoms with van der Waals surface area (Å²) in [6, 6.07) is 0. The molecule has 0 nitrogen and oxygen atoms in total. The van der Waals surface area contributed by atoms with Gasteiger partial charge in [0, 0.05) is 0 Å². The van der Waals surface area contributed by atoms with Crippen LogP contribution in [0.25, 0.3) is 0 Å². The first-order valence-corrected chi connectivity index (χ1v) is 11.7. The summed E-state index contributed by atoms with van der Waals surface area (Å²) in [4.78, 5) is 0. The SMILES string of the molecule is CCCCCCCCCCCCC=CC(F)(F)C(F)(F)C(F)(F)C(F)(F)C(F)(F)C(F)(F)C(F)(F)C(F)(F)F. The molecular formula is C22H27F17. The van der Waals surface area contributed by atoms with Gasteiger partial charge in [-0.25, -0.2) is 0 Å². The highest BCUT2D eigenvalue weighted by Crippen LogP contribution is 2.64. The summed E-state index contributed by atoms with van der Waals surface area (Å²) in [5, 5.41) is 0. The highest BCUT2D eigenvalue weighted by Gasteiger charge is 2.95. The van der Waals surface area contributed by atoms with Gasteiger partial charge < -0.3 is 0 Å². The maximum atomic E-state index is 13.7. The summed E-state index contributed by atoms with van der Waals surface area (Å²) in [6.45, 7) is 2.03. The van der Waals surface area contributed by atoms with Gasteiger partial charge in [0.25, 0.3) is 0 Å². The van der Waals surface area contributed by atoms with E-state index in [1.54, 1.807) is 0 Å². The van der Waals surface area contributed by atoms with Crippen LogP contribution in [0.5, 0.6) is 0 Å². The standard InChI is InChI=1S/C22H27F17/c1-2-3-4-5-6-7-8-9-10-11-12-13-14-15(23,24)16(25,26)17(27,28)18(29,30)19(31,32)20(33,34)21(35,36)22(37,38)39/h13-14H,2-12H2,1H3. The first-order chi connectivity index (χ1) is 17.3. The smallest absolute Gasteiger partial charge is 0.195 e. The molecule has 39 heavy (non-hydrogen) atoms. The minimum absolute atomic E-state index is 0.0113. The molecule has 0 heterocycles. The van der Waals surface area contributed by atoms with E-state index in [-0.39, 0.29) is 12.5 Å². The van der Waals surface area contributed by atoms with Crippen LogP contribution in [0.2, 0.25) is 0 Å². The van der Waals surface area contributed by atoms with Crippen molar-refractivity contribution in [2.75, 3.05) is 0 Å². The Balaban J connectivity index is 5.50. The van der Waals surface area contributed by atoms with Crippen molar-refractivity contribution in [3.05, 3.63) is 12.2 Å². The number of allylic oxidation sites excluding steroid dienone is 2. The topological polar surface area (TPSA) is 0 Å². The molecule has 0 saturated carbocycles. The average Bonchev–Trinajstić information content (AvgIpc) is 2.78. The Morgan fingerprint density at radius 1 is 0.385 bits per heavy atom. The molecule has 0 atom stereocenters. The first-order valence-electron chi connectivity index (χ1n) is 11.7. The van der Waals surface area contributed by atoms with Crippen molar-refractivity contribution in [1.82, 2.24) is 0 Å². The van der Waals surface area contributed by atoms with Gasteiger partial charge in [-0.3, -0.25) is 0 Å². The molecule has 0 aromatic heterocycles. The van der Waals surface area contributed by atoms with Gasteiger partial charge in [-0.2, -0.15) is 74.6 Å². The normalized spacial score (nSPS) is 15.4. The van der Waals surface area contributed by atoms with Crippen LogP contribution in [0.3, 0.4) is 0 Å². The van der Waals surface area contributed by atoms with Crippen molar-refractivity contribution in [3.63, 3.8) is 0 Å². The molecule has 0 aliphatic carbocycles. The van der Waals surface area contributed by atoms with Gasteiger partial charge in [0.2, 0.25) is 0 Å². The van der Waals surface area contributed by atoms with Crippen LogP contribution in [0.1, 0.15) is 77.6 Å². The van der Waals surface area contributed by atoms with E-state index in [9.17, 15) is 74.6 Å². The number of alkyl halides is 17. The van der Waals surface area contributed by atoms with Crippen LogP contribution in [0.15, 0.2) is 12.2 Å². The Bertz CT molecular complexity index is 765. The van der Waals surface area contributed by atoms with Crippen molar-refractivity contribution in [2.45, 2.75) is 125 Å². The fourth-order valence-corrected chi connectivity index (χ4v) is 3.26. The van der Waals surface area contributed by atoms with Gasteiger partial charge in [-0.05, 0) is 18.9 Å². The minimum Gasteiger partial charge on any atom is -0.195 e. The fourth-order valence-electron chi connectivity index (χ4n) is 3.26. The lowest BCUT2D eigenvalue weighted by molar-refractivity contribution is -0.459. The largest absolute Gasteiger partial charge is 0.460 e. The molecule has 0 saturated heterocycles. The first kappa shape index (κ1) is 37.6. The molecule has 0 rings (SSSR count). The Hall–Kier alpha value is -1.45. The van der Waals surface area contributed by atoms with E-state index in [0.29, 0.717) is 12.8 Å². The number of unbranched alkanes of at least 4 members (excludes halogenated alkanes) is 10. The molecule has 0 radical (unpaired) electrons. The third-order valence-electron chi connectivity index (χ3n) is 5.80. The van der Waals surface area contributed by atoms with Gasteiger partial charge in [-0.1, -0.05) is 70.8 Å². The van der Waals surface area contributed by atoms with Gasteiger partial charge in [0.05, 0.1) is 0 Å². The molecule has 0 fully saturated rings. The molecule has 0 aliphatic rings. The van der Waals surface area contributed by atoms with Crippen molar-refractivity contribution < 1.29 is 74.6 Å². The predicted molar refractivity (Wildman–Crippen MR) is 106 cm³/mol. The van der Waals surface area contributed by atoms with E-state index in [1.807, 2.05) is 6.92 Å². The minimum atomic E-state index is -8.60. The molecule has 0 bridgehead atoms. The monoisotopic (exact) mass is 614 g/mol. The van der Waals surface area contributed by atoms with Crippen molar-refractivity contribution in [3.8, 4) is 0 Å². The van der Waals surface area contributed by atoms with Gasteiger partial charge in [-0.15, -0.1) is 0 Å². The quantitative estimate of drug-likeness (QED) is 0.0819. The summed E-state index contributed by atoms with van der Waals surface area (Å²) >= 11 is 0. The lowest BCUT2D eigenvalue weighted by Gasteiger charge is -2.42. The Morgan fingerprint density at radius 3 is 1.05 bits per heavy atom. The summed E-state index contributed by atoms with van der Waals surface area (Å²) in [7, 11) is 0. The van der Waals surface area contributed by atoms with E-state index in [2.05, 4.69) is 0 Å². The van der Waals surface area contributed by atoms with Crippen LogP contribution >= 0.6 is 0 Å². The van der Waals surface area contributed by atoms with Crippen LogP contribution < -0.4 is 0 Å². The summed E-state index contributed by atoms with van der Waals surface area (Å²) in [6.07, 6.45) is -1.71. The van der Waals surface area contributed by atoms with Crippen molar-refractivity contribution in [1.29, 1.82) is 0 Å². The molecule has 0 N–H and O–H groups in total. The number of hydrogen-bond donors (Lipinski definition) is 0. The predicted octanol–water partition coefficient (Wildman–Crippen LogP) is 10.9. The molecular weight excluding hydrogens is 587 g/mol. The van der Waals surface area contributed by atoms with E-state index in [0.717, 1.165) is 44.9 Å². The number of rotatable bonds is 18. The molecule has 0 aromatic carbocycles. The van der Waals surface area contributed by atoms with Gasteiger partial charge in [0.1, 0.15) is 0 Å². The lowest BCUT2D eigenvalue weighted by atomic mass is 9.89. The summed E-state index contributed by atoms with van der Waals surface area (Å²) < 4.78 is 224. The van der Waals surface area contributed by atoms with Crippen LogP contribution in [0.4, 0.5) is 74.6 Å². The summed E-state index contributed by atoms with van der Waals surface area (Å²) in [5.41, 5.74) is 0. The van der Waals surface area contributed by atoms with E-state index < -0.39 is 60.1 Å². The van der Waals surface area contributed by atoms with E-state index in [4.69, 9.17) is 0 Å². The second-order valence-electron chi connectivity index (χ2n) is 8.94. The second-order valence-corrected chi connectivity index (χ2v) is 8.94. The zero-order valence-corrected chi connectivity index (χ0v) is 20.4. The van der Waals surface area contributed by atoms with Crippen LogP contribution in [-0.4, -0.2) is 47.6 Å². The summed E-state index contributed by atoms with van der Waals surface area (Å²) in [5.74, 6) is -56.1. The number of halogens is 17.